The first-order valence-corrected chi connectivity index (χ1v) is 28.5. The van der Waals surface area contributed by atoms with Crippen molar-refractivity contribution < 1.29 is 64.1 Å². The Morgan fingerprint density at radius 3 is 2.11 bits per heavy atom. The summed E-state index contributed by atoms with van der Waals surface area (Å²) in [5, 5.41) is 9.29. The summed E-state index contributed by atoms with van der Waals surface area (Å²) in [6.07, 6.45) is 17.0. The second-order valence-corrected chi connectivity index (χ2v) is 23.1. The monoisotopic (exact) mass is 1060 g/mol. The number of nitrogens with one attached hydrogen (secondary N) is 3. The van der Waals surface area contributed by atoms with E-state index in [9.17, 15) is 54.7 Å². The third-order valence-electron chi connectivity index (χ3n) is 14.1. The van der Waals surface area contributed by atoms with Crippen LogP contribution in [0.4, 0.5) is 11.4 Å². The summed E-state index contributed by atoms with van der Waals surface area (Å²) in [6.45, 7) is 9.76. The predicted molar refractivity (Wildman–Crippen MR) is 276 cm³/mol. The molecular weight excluding hydrogens is 993 g/mol. The molecule has 0 aromatic heterocycles. The van der Waals surface area contributed by atoms with Crippen LogP contribution in [0.5, 0.6) is 0 Å². The quantitative estimate of drug-likeness (QED) is 0.0733. The van der Waals surface area contributed by atoms with Crippen molar-refractivity contribution in [1.29, 1.82) is 0 Å². The number of imide groups is 1. The van der Waals surface area contributed by atoms with Crippen molar-refractivity contribution in [2.24, 2.45) is 0 Å². The van der Waals surface area contributed by atoms with E-state index in [1.165, 1.54) is 24.3 Å². The zero-order valence-electron chi connectivity index (χ0n) is 42.8. The van der Waals surface area contributed by atoms with Gasteiger partial charge in [-0.3, -0.25) is 33.1 Å². The number of anilines is 1. The van der Waals surface area contributed by atoms with Gasteiger partial charge in [-0.05, 0) is 114 Å². The Labute approximate surface area is 434 Å². The van der Waals surface area contributed by atoms with Crippen molar-refractivity contribution in [3.63, 3.8) is 0 Å². The maximum Gasteiger partial charge on any atom is 0.333 e. The molecule has 5 N–H and O–H groups in total. The second-order valence-electron chi connectivity index (χ2n) is 20.3. The molecule has 1 fully saturated rings. The van der Waals surface area contributed by atoms with Crippen molar-refractivity contribution in [1.82, 2.24) is 21.0 Å². The topological polar surface area (TPSA) is 266 Å². The van der Waals surface area contributed by atoms with Gasteiger partial charge in [0.05, 0.1) is 15.2 Å². The Hall–Kier alpha value is -6.03. The van der Waals surface area contributed by atoms with Crippen LogP contribution in [-0.4, -0.2) is 109 Å². The first-order chi connectivity index (χ1) is 35.0. The fourth-order valence-corrected chi connectivity index (χ4v) is 11.0. The number of amides is 5. The molecule has 4 heterocycles. The van der Waals surface area contributed by atoms with E-state index in [0.717, 1.165) is 46.8 Å². The van der Waals surface area contributed by atoms with Gasteiger partial charge in [0.2, 0.25) is 23.4 Å². The van der Waals surface area contributed by atoms with E-state index < -0.39 is 54.9 Å². The summed E-state index contributed by atoms with van der Waals surface area (Å²) in [5.74, 6) is -2.50. The fourth-order valence-electron chi connectivity index (χ4n) is 9.97. The largest absolute Gasteiger partial charge is 0.356 e. The first-order valence-electron chi connectivity index (χ1n) is 25.6. The van der Waals surface area contributed by atoms with Gasteiger partial charge in [-0.15, -0.1) is 5.06 Å². The van der Waals surface area contributed by atoms with Crippen LogP contribution in [0.1, 0.15) is 148 Å². The van der Waals surface area contributed by atoms with E-state index in [2.05, 4.69) is 25.4 Å². The summed E-state index contributed by atoms with van der Waals surface area (Å²) < 4.78 is 70.9. The minimum atomic E-state index is -4.48. The molecule has 1 saturated heterocycles. The molecule has 74 heavy (non-hydrogen) atoms. The molecule has 19 nitrogen and oxygen atoms in total. The summed E-state index contributed by atoms with van der Waals surface area (Å²) >= 11 is 0. The van der Waals surface area contributed by atoms with Gasteiger partial charge in [-0.25, -0.2) is 4.79 Å². The molecule has 4 aliphatic heterocycles. The van der Waals surface area contributed by atoms with Crippen LogP contribution in [-0.2, 0) is 64.7 Å². The van der Waals surface area contributed by atoms with E-state index in [1.54, 1.807) is 12.1 Å². The van der Waals surface area contributed by atoms with Gasteiger partial charge in [0.1, 0.15) is 12.6 Å². The SMILES string of the molecule is CC1(C)C2=[N+](CCCCCC(=O)NC(C(=O)NCCCCCC(=O)ON3C(=O)CCC3=O)CCCCNC(=O)CCCCCN3/C(=C/C=C/C=C2)C(C)(C)c2cc(S(=O)(=O)O)ccc23)c2ccc(S(=O)(=O)O)cc21. The Bertz CT molecular complexity index is 2820. The van der Waals surface area contributed by atoms with Crippen LogP contribution >= 0.6 is 0 Å². The number of nitrogens with zero attached hydrogens (tertiary/aromatic N) is 3. The highest BCUT2D eigenvalue weighted by Gasteiger charge is 2.45. The molecule has 1 atom stereocenters. The lowest BCUT2D eigenvalue weighted by molar-refractivity contribution is -0.438. The number of rotatable bonds is 10. The number of unbranched alkanes of at least 4 members (excludes halogenated alkanes) is 2. The van der Waals surface area contributed by atoms with Crippen LogP contribution in [0.3, 0.4) is 0 Å². The maximum atomic E-state index is 13.5. The standard InChI is InChI=1S/C53H70N6O13S2/c1-52(2)39-35-37(73(66,67)68)25-27-42(39)57-33-17-7-11-22-46(60)54-31-16-14-19-41(51(65)55-32-15-6-13-24-50(64)72-59-48(62)29-30-49(59)63)56-47(61)23-12-8-18-34-58-43-28-26-38(74(69,70)71)36-40(43)53(3,4)45(58)21-10-5-9-20-44(52)57/h5,9-10,20-21,25-28,35-36,41H,6-8,11-19,22-24,29-34H2,1-4H3,(H4-,54,55,56,60,61,65,66,67,68,69,70,71)/p+1. The predicted octanol–water partition coefficient (Wildman–Crippen LogP) is 6.54. The Morgan fingerprint density at radius 2 is 1.41 bits per heavy atom. The smallest absolute Gasteiger partial charge is 0.333 e. The summed E-state index contributed by atoms with van der Waals surface area (Å²) in [6, 6.07) is 8.38. The molecule has 2 aromatic rings. The van der Waals surface area contributed by atoms with Crippen molar-refractivity contribution in [3.05, 3.63) is 83.6 Å². The molecule has 0 aliphatic carbocycles. The summed E-state index contributed by atoms with van der Waals surface area (Å²) in [7, 11) is -8.94. The molecular formula is C53H71N6O13S2+. The number of hydroxylamine groups is 2. The summed E-state index contributed by atoms with van der Waals surface area (Å²) in [5.41, 5.74) is 3.54. The number of benzene rings is 2. The molecule has 6 rings (SSSR count). The summed E-state index contributed by atoms with van der Waals surface area (Å²) in [4.78, 5) is 82.0. The normalized spacial score (nSPS) is 21.7. The molecule has 2 aromatic carbocycles. The van der Waals surface area contributed by atoms with E-state index >= 15 is 0 Å². The van der Waals surface area contributed by atoms with E-state index in [1.807, 2.05) is 58.1 Å². The Morgan fingerprint density at radius 1 is 0.743 bits per heavy atom. The zero-order chi connectivity index (χ0) is 53.8. The van der Waals surface area contributed by atoms with Gasteiger partial charge in [0.25, 0.3) is 32.1 Å². The fraction of sp³-hybridized carbons (Fsp3) is 0.528. The highest BCUT2D eigenvalue weighted by atomic mass is 32.2. The number of fused-ring (bicyclic) bond motifs is 5. The number of hydrogen-bond acceptors (Lipinski definition) is 12. The van der Waals surface area contributed by atoms with Crippen molar-refractivity contribution >= 4 is 72.8 Å². The average molecular weight is 1060 g/mol. The lowest BCUT2D eigenvalue weighted by Crippen LogP contribution is -2.47. The molecule has 0 radical (unpaired) electrons. The lowest BCUT2D eigenvalue weighted by Gasteiger charge is -2.27. The van der Waals surface area contributed by atoms with E-state index in [4.69, 9.17) is 4.84 Å². The van der Waals surface area contributed by atoms with Gasteiger partial charge in [-0.2, -0.15) is 21.4 Å². The van der Waals surface area contributed by atoms with Crippen LogP contribution in [0.2, 0.25) is 0 Å². The molecule has 0 bridgehead atoms. The minimum Gasteiger partial charge on any atom is -0.356 e. The zero-order valence-corrected chi connectivity index (χ0v) is 44.5. The molecule has 0 saturated carbocycles. The number of hydrogen-bond donors (Lipinski definition) is 5. The lowest BCUT2D eigenvalue weighted by atomic mass is 9.81. The highest BCUT2D eigenvalue weighted by Crippen LogP contribution is 2.49. The van der Waals surface area contributed by atoms with Crippen molar-refractivity contribution in [2.75, 3.05) is 31.1 Å². The van der Waals surface area contributed by atoms with Crippen LogP contribution in [0, 0.1) is 0 Å². The number of carbonyl (C=O) groups is 6. The van der Waals surface area contributed by atoms with Gasteiger partial charge in [0, 0.05) is 92.7 Å². The average Bonchev–Trinajstić information content (AvgIpc) is 3.84. The van der Waals surface area contributed by atoms with E-state index in [0.29, 0.717) is 95.3 Å². The maximum absolute atomic E-state index is 13.5. The van der Waals surface area contributed by atoms with E-state index in [-0.39, 0.29) is 59.7 Å². The van der Waals surface area contributed by atoms with Crippen molar-refractivity contribution in [2.45, 2.75) is 164 Å². The second kappa shape index (κ2) is 25.0. The minimum absolute atomic E-state index is 0.00666. The Balaban J connectivity index is 1.16. The molecule has 402 valence electrons. The van der Waals surface area contributed by atoms with Crippen molar-refractivity contribution in [3.8, 4) is 0 Å². The molecule has 4 aliphatic rings. The van der Waals surface area contributed by atoms with Crippen LogP contribution in [0.25, 0.3) is 0 Å². The van der Waals surface area contributed by atoms with Crippen LogP contribution < -0.4 is 20.9 Å². The highest BCUT2D eigenvalue weighted by molar-refractivity contribution is 7.86. The van der Waals surface area contributed by atoms with Gasteiger partial charge >= 0.3 is 5.97 Å². The molecule has 21 heteroatoms. The number of allylic oxidation sites excluding steroid dienone is 6. The van der Waals surface area contributed by atoms with Crippen LogP contribution in [0.15, 0.2) is 82.3 Å². The van der Waals surface area contributed by atoms with Gasteiger partial charge < -0.3 is 25.7 Å². The molecule has 5 amide bonds. The molecule has 1 unspecified atom stereocenters. The number of carbonyl (C=O) groups excluding carboxylic acids is 6. The Kier molecular flexibility index (Phi) is 19.3. The third-order valence-corrected chi connectivity index (χ3v) is 15.8. The molecule has 0 spiro atoms. The third kappa shape index (κ3) is 14.6. The van der Waals surface area contributed by atoms with Gasteiger partial charge in [-0.1, -0.05) is 44.9 Å². The van der Waals surface area contributed by atoms with Gasteiger partial charge in [0.15, 0.2) is 5.71 Å². The first kappa shape index (κ1) is 57.3.